The molecule has 1 saturated heterocycles. The predicted octanol–water partition coefficient (Wildman–Crippen LogP) is 9.06. The van der Waals surface area contributed by atoms with Gasteiger partial charge in [0.05, 0.1) is 22.9 Å². The van der Waals surface area contributed by atoms with Crippen molar-refractivity contribution >= 4 is 40.3 Å². The van der Waals surface area contributed by atoms with Gasteiger partial charge in [0.2, 0.25) is 0 Å². The lowest BCUT2D eigenvalue weighted by Crippen LogP contribution is -2.29. The zero-order valence-electron chi connectivity index (χ0n) is 23.8. The van der Waals surface area contributed by atoms with Crippen LogP contribution in [0, 0.1) is 0 Å². The number of nitrogens with zero attached hydrogens (tertiary/aromatic N) is 3. The predicted molar refractivity (Wildman–Crippen MR) is 172 cm³/mol. The van der Waals surface area contributed by atoms with E-state index in [0.29, 0.717) is 15.8 Å². The molecule has 5 nitrogen and oxygen atoms in total. The molecule has 1 fully saturated rings. The van der Waals surface area contributed by atoms with Crippen molar-refractivity contribution in [3.63, 3.8) is 0 Å². The highest BCUT2D eigenvalue weighted by Gasteiger charge is 2.32. The molecule has 4 rings (SSSR count). The molecule has 0 N–H and O–H groups in total. The largest absolute Gasteiger partial charge is 0.494 e. The summed E-state index contributed by atoms with van der Waals surface area (Å²) in [5.41, 5.74) is 3.64. The first-order valence-corrected chi connectivity index (χ1v) is 16.0. The van der Waals surface area contributed by atoms with Gasteiger partial charge in [0, 0.05) is 23.9 Å². The number of para-hydroxylation sites is 1. The Kier molecular flexibility index (Phi) is 11.9. The number of carbonyl (C=O) groups excluding carboxylic acids is 1. The fourth-order valence-corrected chi connectivity index (χ4v) is 6.04. The Bertz CT molecular complexity index is 1270. The number of ether oxygens (including phenoxy) is 1. The van der Waals surface area contributed by atoms with Crippen LogP contribution in [0.25, 0.3) is 23.0 Å². The average molecular weight is 576 g/mol. The maximum absolute atomic E-state index is 13.3. The van der Waals surface area contributed by atoms with Gasteiger partial charge < -0.3 is 4.74 Å². The molecule has 0 spiro atoms. The summed E-state index contributed by atoms with van der Waals surface area (Å²) in [4.78, 5) is 15.7. The molecule has 2 heterocycles. The Balaban J connectivity index is 1.51. The summed E-state index contributed by atoms with van der Waals surface area (Å²) in [7, 11) is 0. The Morgan fingerprint density at radius 2 is 1.55 bits per heavy atom. The van der Waals surface area contributed by atoms with Crippen molar-refractivity contribution in [2.24, 2.45) is 0 Å². The second-order valence-corrected chi connectivity index (χ2v) is 11.9. The minimum atomic E-state index is -0.00575. The lowest BCUT2D eigenvalue weighted by atomic mass is 10.1. The average Bonchev–Trinajstić information content (AvgIpc) is 3.51. The number of carbonyl (C=O) groups is 1. The summed E-state index contributed by atoms with van der Waals surface area (Å²) < 4.78 is 8.46. The molecule has 1 aliphatic heterocycles. The Hall–Kier alpha value is -2.90. The van der Waals surface area contributed by atoms with Crippen LogP contribution < -0.4 is 4.74 Å². The second kappa shape index (κ2) is 15.8. The van der Waals surface area contributed by atoms with Crippen molar-refractivity contribution in [3.8, 4) is 22.7 Å². The summed E-state index contributed by atoms with van der Waals surface area (Å²) in [6.07, 6.45) is 15.7. The molecule has 212 valence electrons. The molecular weight excluding hydrogens is 535 g/mol. The van der Waals surface area contributed by atoms with Gasteiger partial charge in [0.1, 0.15) is 10.1 Å². The minimum Gasteiger partial charge on any atom is -0.494 e. The first-order chi connectivity index (χ1) is 19.6. The Morgan fingerprint density at radius 3 is 2.27 bits per heavy atom. The number of benzene rings is 2. The van der Waals surface area contributed by atoms with Crippen molar-refractivity contribution in [2.75, 3.05) is 13.2 Å². The monoisotopic (exact) mass is 575 g/mol. The van der Waals surface area contributed by atoms with Gasteiger partial charge in [-0.3, -0.25) is 9.69 Å². The van der Waals surface area contributed by atoms with Gasteiger partial charge in [-0.2, -0.15) is 5.10 Å². The van der Waals surface area contributed by atoms with Crippen LogP contribution in [0.3, 0.4) is 0 Å². The summed E-state index contributed by atoms with van der Waals surface area (Å²) in [5, 5.41) is 4.93. The molecule has 1 aromatic heterocycles. The van der Waals surface area contributed by atoms with Gasteiger partial charge in [0.25, 0.3) is 5.91 Å². The number of thioether (sulfide) groups is 1. The molecule has 0 atom stereocenters. The van der Waals surface area contributed by atoms with E-state index in [0.717, 1.165) is 54.1 Å². The lowest BCUT2D eigenvalue weighted by molar-refractivity contribution is -0.122. The highest BCUT2D eigenvalue weighted by molar-refractivity contribution is 8.26. The van der Waals surface area contributed by atoms with Crippen molar-refractivity contribution in [1.29, 1.82) is 0 Å². The fraction of sp³-hybridized carbons (Fsp3) is 0.424. The lowest BCUT2D eigenvalue weighted by Gasteiger charge is -2.13. The first kappa shape index (κ1) is 30.1. The third-order valence-corrected chi connectivity index (χ3v) is 8.43. The standard InChI is InChI=1S/C33H41N3O2S2/c1-3-5-7-9-10-14-22-35-32(37)30(40-33(35)39)24-27-25-36(28-16-12-11-13-17-28)34-31(27)26-18-20-29(21-19-26)38-23-15-8-6-4-2/h11-13,16-21,24-25H,3-10,14-15,22-23H2,1-2H3/b30-24-. The third kappa shape index (κ3) is 8.31. The third-order valence-electron chi connectivity index (χ3n) is 7.05. The van der Waals surface area contributed by atoms with Crippen molar-refractivity contribution in [1.82, 2.24) is 14.7 Å². The highest BCUT2D eigenvalue weighted by atomic mass is 32.2. The summed E-state index contributed by atoms with van der Waals surface area (Å²) in [6.45, 7) is 5.85. The highest BCUT2D eigenvalue weighted by Crippen LogP contribution is 2.35. The van der Waals surface area contributed by atoms with Gasteiger partial charge in [-0.1, -0.05) is 107 Å². The second-order valence-electron chi connectivity index (χ2n) is 10.2. The number of hydrogen-bond acceptors (Lipinski definition) is 5. The topological polar surface area (TPSA) is 47.4 Å². The van der Waals surface area contributed by atoms with Crippen LogP contribution in [-0.2, 0) is 4.79 Å². The van der Waals surface area contributed by atoms with E-state index in [9.17, 15) is 4.79 Å². The molecule has 40 heavy (non-hydrogen) atoms. The van der Waals surface area contributed by atoms with E-state index in [1.54, 1.807) is 4.90 Å². The normalized spacial score (nSPS) is 14.4. The molecular formula is C33H41N3O2S2. The number of aromatic nitrogens is 2. The molecule has 7 heteroatoms. The summed E-state index contributed by atoms with van der Waals surface area (Å²) in [6, 6.07) is 18.1. The van der Waals surface area contributed by atoms with Crippen LogP contribution in [0.1, 0.15) is 83.6 Å². The minimum absolute atomic E-state index is 0.00575. The van der Waals surface area contributed by atoms with Crippen molar-refractivity contribution in [2.45, 2.75) is 78.1 Å². The van der Waals surface area contributed by atoms with E-state index in [1.807, 2.05) is 71.6 Å². The maximum Gasteiger partial charge on any atom is 0.266 e. The van der Waals surface area contributed by atoms with Crippen LogP contribution in [0.2, 0.25) is 0 Å². The SMILES string of the molecule is CCCCCCCCN1C(=O)/C(=C/c2cn(-c3ccccc3)nc2-c2ccc(OCCCCCC)cc2)SC1=S. The molecule has 3 aromatic rings. The van der Waals surface area contributed by atoms with Crippen LogP contribution in [0.15, 0.2) is 65.7 Å². The zero-order chi connectivity index (χ0) is 28.2. The van der Waals surface area contributed by atoms with Gasteiger partial charge in [-0.25, -0.2) is 4.68 Å². The zero-order valence-corrected chi connectivity index (χ0v) is 25.4. The molecule has 1 amide bonds. The summed E-state index contributed by atoms with van der Waals surface area (Å²) >= 11 is 6.99. The number of unbranched alkanes of at least 4 members (excludes halogenated alkanes) is 8. The number of thiocarbonyl (C=S) groups is 1. The molecule has 0 saturated carbocycles. The summed E-state index contributed by atoms with van der Waals surface area (Å²) in [5.74, 6) is 0.855. The van der Waals surface area contributed by atoms with Gasteiger partial charge in [-0.15, -0.1) is 0 Å². The van der Waals surface area contributed by atoms with E-state index < -0.39 is 0 Å². The fourth-order valence-electron chi connectivity index (χ4n) is 4.74. The molecule has 2 aromatic carbocycles. The van der Waals surface area contributed by atoms with Crippen LogP contribution in [0.4, 0.5) is 0 Å². The molecule has 0 bridgehead atoms. The molecule has 1 aliphatic rings. The molecule has 0 unspecified atom stereocenters. The smallest absolute Gasteiger partial charge is 0.266 e. The molecule has 0 radical (unpaired) electrons. The van der Waals surface area contributed by atoms with E-state index in [4.69, 9.17) is 22.1 Å². The first-order valence-electron chi connectivity index (χ1n) is 14.7. The van der Waals surface area contributed by atoms with E-state index in [1.165, 1.54) is 56.7 Å². The maximum atomic E-state index is 13.3. The van der Waals surface area contributed by atoms with E-state index in [2.05, 4.69) is 13.8 Å². The van der Waals surface area contributed by atoms with Crippen molar-refractivity contribution < 1.29 is 9.53 Å². The van der Waals surface area contributed by atoms with Crippen LogP contribution >= 0.6 is 24.0 Å². The number of hydrogen-bond donors (Lipinski definition) is 0. The quantitative estimate of drug-likeness (QED) is 0.0969. The Labute approximate surface area is 249 Å². The number of amides is 1. The van der Waals surface area contributed by atoms with E-state index >= 15 is 0 Å². The van der Waals surface area contributed by atoms with Crippen molar-refractivity contribution in [3.05, 3.63) is 71.3 Å². The molecule has 0 aliphatic carbocycles. The van der Waals surface area contributed by atoms with Gasteiger partial charge >= 0.3 is 0 Å². The number of rotatable bonds is 16. The van der Waals surface area contributed by atoms with Crippen LogP contribution in [0.5, 0.6) is 5.75 Å². The van der Waals surface area contributed by atoms with Gasteiger partial charge in [-0.05, 0) is 55.3 Å². The van der Waals surface area contributed by atoms with Crippen LogP contribution in [-0.4, -0.2) is 38.1 Å². The Morgan fingerprint density at radius 1 is 0.875 bits per heavy atom. The van der Waals surface area contributed by atoms with E-state index in [-0.39, 0.29) is 5.91 Å². The van der Waals surface area contributed by atoms with Gasteiger partial charge in [0.15, 0.2) is 0 Å².